The molecule has 3 N–H and O–H groups in total. The van der Waals surface area contributed by atoms with Gasteiger partial charge in [0.25, 0.3) is 0 Å². The molecule has 5 heteroatoms. The molecule has 2 fully saturated rings. The Hall–Kier alpha value is -0.650. The molecule has 0 bridgehead atoms. The molecular formula is C11H21N3O2. The number of hydrogen-bond donors (Lipinski definition) is 3. The molecule has 0 saturated carbocycles. The topological polar surface area (TPSA) is 64.6 Å². The van der Waals surface area contributed by atoms with Gasteiger partial charge in [-0.15, -0.1) is 0 Å². The number of rotatable bonds is 2. The molecule has 2 aliphatic heterocycles. The van der Waals surface area contributed by atoms with E-state index in [0.29, 0.717) is 6.42 Å². The van der Waals surface area contributed by atoms with Crippen LogP contribution in [0.15, 0.2) is 0 Å². The van der Waals surface area contributed by atoms with Gasteiger partial charge in [0, 0.05) is 32.7 Å². The molecule has 0 aliphatic carbocycles. The fourth-order valence-electron chi connectivity index (χ4n) is 3.00. The first kappa shape index (κ1) is 11.8. The lowest BCUT2D eigenvalue weighted by Gasteiger charge is -2.48. The van der Waals surface area contributed by atoms with Gasteiger partial charge in [0.15, 0.2) is 0 Å². The van der Waals surface area contributed by atoms with Gasteiger partial charge in [-0.05, 0) is 18.9 Å². The Labute approximate surface area is 96.2 Å². The maximum Gasteiger partial charge on any atom is 0.324 e. The Morgan fingerprint density at radius 3 is 2.56 bits per heavy atom. The van der Waals surface area contributed by atoms with Crippen molar-refractivity contribution in [2.75, 3.05) is 39.3 Å². The molecule has 2 unspecified atom stereocenters. The largest absolute Gasteiger partial charge is 0.480 e. The summed E-state index contributed by atoms with van der Waals surface area (Å²) in [4.78, 5) is 13.9. The average molecular weight is 227 g/mol. The van der Waals surface area contributed by atoms with E-state index in [1.54, 1.807) is 0 Å². The maximum atomic E-state index is 11.7. The average Bonchev–Trinajstić information content (AvgIpc) is 2.30. The number of carboxylic acid groups (broad SMARTS) is 1. The van der Waals surface area contributed by atoms with Gasteiger partial charge in [0.2, 0.25) is 0 Å². The second-order valence-electron chi connectivity index (χ2n) is 4.82. The number of nitrogens with zero attached hydrogens (tertiary/aromatic N) is 1. The molecule has 0 amide bonds. The van der Waals surface area contributed by atoms with E-state index in [9.17, 15) is 9.90 Å². The second kappa shape index (κ2) is 4.69. The molecule has 2 heterocycles. The van der Waals surface area contributed by atoms with E-state index in [4.69, 9.17) is 0 Å². The third-order valence-corrected chi connectivity index (χ3v) is 4.00. The summed E-state index contributed by atoms with van der Waals surface area (Å²) < 4.78 is 0. The Morgan fingerprint density at radius 2 is 2.00 bits per heavy atom. The predicted molar refractivity (Wildman–Crippen MR) is 61.5 cm³/mol. The van der Waals surface area contributed by atoms with Gasteiger partial charge in [0.05, 0.1) is 0 Å². The van der Waals surface area contributed by atoms with Gasteiger partial charge in [-0.25, -0.2) is 0 Å². The SMILES string of the molecule is CC1CNCCC1(C(=O)O)N1CCNCC1. The third-order valence-electron chi connectivity index (χ3n) is 4.00. The summed E-state index contributed by atoms with van der Waals surface area (Å²) in [6.45, 7) is 7.14. The van der Waals surface area contributed by atoms with Crippen LogP contribution in [0.3, 0.4) is 0 Å². The summed E-state index contributed by atoms with van der Waals surface area (Å²) in [7, 11) is 0. The van der Waals surface area contributed by atoms with Crippen LogP contribution in [0, 0.1) is 5.92 Å². The number of aliphatic carboxylic acids is 1. The molecule has 2 aliphatic rings. The minimum absolute atomic E-state index is 0.164. The fourth-order valence-corrected chi connectivity index (χ4v) is 3.00. The summed E-state index contributed by atoms with van der Waals surface area (Å²) >= 11 is 0. The van der Waals surface area contributed by atoms with E-state index in [-0.39, 0.29) is 5.92 Å². The first-order valence-corrected chi connectivity index (χ1v) is 6.08. The van der Waals surface area contributed by atoms with Crippen LogP contribution in [-0.2, 0) is 4.79 Å². The summed E-state index contributed by atoms with van der Waals surface area (Å²) in [5.41, 5.74) is -0.645. The molecule has 2 atom stereocenters. The molecule has 2 rings (SSSR count). The van der Waals surface area contributed by atoms with Crippen molar-refractivity contribution in [2.45, 2.75) is 18.9 Å². The van der Waals surface area contributed by atoms with Crippen LogP contribution in [0.25, 0.3) is 0 Å². The van der Waals surface area contributed by atoms with Crippen LogP contribution in [0.1, 0.15) is 13.3 Å². The number of piperazine rings is 1. The normalized spacial score (nSPS) is 37.2. The van der Waals surface area contributed by atoms with Gasteiger partial charge in [-0.2, -0.15) is 0 Å². The Bertz CT molecular complexity index is 266. The van der Waals surface area contributed by atoms with Gasteiger partial charge in [0.1, 0.15) is 5.54 Å². The molecule has 0 aromatic carbocycles. The number of carboxylic acids is 1. The lowest BCUT2D eigenvalue weighted by Crippen LogP contribution is -2.67. The predicted octanol–water partition coefficient (Wildman–Crippen LogP) is -0.656. The van der Waals surface area contributed by atoms with Crippen LogP contribution in [-0.4, -0.2) is 60.8 Å². The number of carbonyl (C=O) groups is 1. The van der Waals surface area contributed by atoms with Crippen LogP contribution < -0.4 is 10.6 Å². The van der Waals surface area contributed by atoms with Crippen molar-refractivity contribution in [3.05, 3.63) is 0 Å². The summed E-state index contributed by atoms with van der Waals surface area (Å²) in [5.74, 6) is -0.486. The molecule has 92 valence electrons. The number of piperidine rings is 1. The molecule has 0 aromatic rings. The molecule has 0 radical (unpaired) electrons. The second-order valence-corrected chi connectivity index (χ2v) is 4.82. The Balaban J connectivity index is 2.22. The van der Waals surface area contributed by atoms with Crippen molar-refractivity contribution in [3.63, 3.8) is 0 Å². The van der Waals surface area contributed by atoms with Gasteiger partial charge in [-0.3, -0.25) is 9.69 Å². The highest BCUT2D eigenvalue weighted by Gasteiger charge is 2.49. The highest BCUT2D eigenvalue weighted by Crippen LogP contribution is 2.31. The van der Waals surface area contributed by atoms with Crippen molar-refractivity contribution < 1.29 is 9.90 Å². The van der Waals surface area contributed by atoms with Crippen molar-refractivity contribution >= 4 is 5.97 Å². The van der Waals surface area contributed by atoms with Gasteiger partial charge in [-0.1, -0.05) is 6.92 Å². The Morgan fingerprint density at radius 1 is 1.31 bits per heavy atom. The number of hydrogen-bond acceptors (Lipinski definition) is 4. The fraction of sp³-hybridized carbons (Fsp3) is 0.909. The van der Waals surface area contributed by atoms with Crippen molar-refractivity contribution in [3.8, 4) is 0 Å². The van der Waals surface area contributed by atoms with Crippen molar-refractivity contribution in [2.24, 2.45) is 5.92 Å². The van der Waals surface area contributed by atoms with E-state index >= 15 is 0 Å². The minimum atomic E-state index is -0.650. The van der Waals surface area contributed by atoms with Crippen molar-refractivity contribution in [1.29, 1.82) is 0 Å². The lowest BCUT2D eigenvalue weighted by atomic mass is 9.77. The van der Waals surface area contributed by atoms with E-state index in [1.165, 1.54) is 0 Å². The third kappa shape index (κ3) is 1.83. The van der Waals surface area contributed by atoms with Crippen LogP contribution in [0.4, 0.5) is 0 Å². The standard InChI is InChI=1S/C11H21N3O2/c1-9-8-13-3-2-11(9,10(15)16)14-6-4-12-5-7-14/h9,12-13H,2-8H2,1H3,(H,15,16). The van der Waals surface area contributed by atoms with E-state index in [0.717, 1.165) is 39.3 Å². The van der Waals surface area contributed by atoms with E-state index in [1.807, 2.05) is 6.92 Å². The molecular weight excluding hydrogens is 206 g/mol. The molecule has 0 aromatic heterocycles. The zero-order valence-corrected chi connectivity index (χ0v) is 9.83. The van der Waals surface area contributed by atoms with Crippen molar-refractivity contribution in [1.82, 2.24) is 15.5 Å². The zero-order valence-electron chi connectivity index (χ0n) is 9.83. The van der Waals surface area contributed by atoms with E-state index < -0.39 is 11.5 Å². The maximum absolute atomic E-state index is 11.7. The van der Waals surface area contributed by atoms with Crippen LogP contribution >= 0.6 is 0 Å². The summed E-state index contributed by atoms with van der Waals surface area (Å²) in [6, 6.07) is 0. The van der Waals surface area contributed by atoms with Gasteiger partial charge < -0.3 is 15.7 Å². The highest BCUT2D eigenvalue weighted by atomic mass is 16.4. The first-order chi connectivity index (χ1) is 7.68. The van der Waals surface area contributed by atoms with Crippen LogP contribution in [0.5, 0.6) is 0 Å². The van der Waals surface area contributed by atoms with E-state index in [2.05, 4.69) is 15.5 Å². The van der Waals surface area contributed by atoms with Gasteiger partial charge >= 0.3 is 5.97 Å². The quantitative estimate of drug-likeness (QED) is 0.585. The lowest BCUT2D eigenvalue weighted by molar-refractivity contribution is -0.158. The smallest absolute Gasteiger partial charge is 0.324 e. The monoisotopic (exact) mass is 227 g/mol. The molecule has 16 heavy (non-hydrogen) atoms. The van der Waals surface area contributed by atoms with Crippen LogP contribution in [0.2, 0.25) is 0 Å². The Kier molecular flexibility index (Phi) is 3.47. The summed E-state index contributed by atoms with van der Waals surface area (Å²) in [5, 5.41) is 16.2. The molecule has 2 saturated heterocycles. The summed E-state index contributed by atoms with van der Waals surface area (Å²) in [6.07, 6.45) is 0.712. The molecule has 5 nitrogen and oxygen atoms in total. The zero-order chi connectivity index (χ0) is 11.6. The minimum Gasteiger partial charge on any atom is -0.480 e. The number of nitrogens with one attached hydrogen (secondary N) is 2. The molecule has 0 spiro atoms. The highest BCUT2D eigenvalue weighted by molar-refractivity contribution is 5.79. The first-order valence-electron chi connectivity index (χ1n) is 6.08.